The van der Waals surface area contributed by atoms with E-state index in [9.17, 15) is 19.2 Å². The van der Waals surface area contributed by atoms with Crippen molar-refractivity contribution in [2.45, 2.75) is 116 Å². The number of carbonyl (C=O) groups excluding carboxylic acids is 4. The molecule has 4 rings (SSSR count). The molecule has 0 aliphatic carbocycles. The van der Waals surface area contributed by atoms with Crippen molar-refractivity contribution in [2.24, 2.45) is 5.92 Å². The number of carbonyl (C=O) groups is 4. The summed E-state index contributed by atoms with van der Waals surface area (Å²) < 4.78 is 24.0. The quantitative estimate of drug-likeness (QED) is 0.370. The molecule has 8 atom stereocenters. The Bertz CT molecular complexity index is 1470. The van der Waals surface area contributed by atoms with Crippen LogP contribution in [-0.2, 0) is 39.8 Å². The molecule has 3 heterocycles. The average molecular weight is 654 g/mol. The van der Waals surface area contributed by atoms with E-state index in [-0.39, 0.29) is 24.2 Å². The van der Waals surface area contributed by atoms with E-state index < -0.39 is 53.7 Å². The standard InChI is InChI=1S/C36H51N3O8/c1-20-13-12-14-29(44-11)35(7)19-28(45-34(43)37-35)23(4)32-36(8,47-32)30(46-33(42)24(5)38(9)25(6)40)18-31(41)39(10)27-17-26(15-20)16-21(2)22(27)3/h12-14,16-17,23-24,28-30,32H,15,18-19H2,1-11H3,(H,37,43)/b14-12+,20-13+/t23-,24-,28+,29?,30?,32+,35?,36+/m1/s1. The first kappa shape index (κ1) is 36.1. The van der Waals surface area contributed by atoms with Crippen LogP contribution in [0.15, 0.2) is 35.9 Å². The maximum absolute atomic E-state index is 14.0. The number of aryl methyl sites for hydroxylation is 1. The normalized spacial score (nSPS) is 33.7. The Hall–Kier alpha value is -3.70. The first-order valence-corrected chi connectivity index (χ1v) is 16.3. The van der Waals surface area contributed by atoms with Gasteiger partial charge in [-0.1, -0.05) is 36.8 Å². The Morgan fingerprint density at radius 1 is 1.17 bits per heavy atom. The number of hydrogen-bond acceptors (Lipinski definition) is 8. The summed E-state index contributed by atoms with van der Waals surface area (Å²) in [7, 11) is 4.86. The molecule has 11 nitrogen and oxygen atoms in total. The third kappa shape index (κ3) is 7.56. The van der Waals surface area contributed by atoms with Gasteiger partial charge in [0.25, 0.3) is 0 Å². The molecule has 1 aromatic carbocycles. The lowest BCUT2D eigenvalue weighted by Gasteiger charge is -2.43. The third-order valence-electron chi connectivity index (χ3n) is 10.4. The smallest absolute Gasteiger partial charge is 0.407 e. The largest absolute Gasteiger partial charge is 0.457 e. The molecule has 3 unspecified atom stereocenters. The predicted octanol–water partition coefficient (Wildman–Crippen LogP) is 4.56. The van der Waals surface area contributed by atoms with Gasteiger partial charge in [-0.15, -0.1) is 0 Å². The molecule has 0 aromatic heterocycles. The number of nitrogens with zero attached hydrogens (tertiary/aromatic N) is 2. The Labute approximate surface area is 278 Å². The number of amides is 3. The number of hydrogen-bond donors (Lipinski definition) is 1. The highest BCUT2D eigenvalue weighted by molar-refractivity contribution is 5.94. The Kier molecular flexibility index (Phi) is 10.6. The number of benzene rings is 1. The number of nitrogens with one attached hydrogen (secondary N) is 1. The minimum atomic E-state index is -1.05. The second-order valence-corrected chi connectivity index (χ2v) is 13.9. The fraction of sp³-hybridized carbons (Fsp3) is 0.611. The summed E-state index contributed by atoms with van der Waals surface area (Å²) in [5.74, 6) is -1.50. The summed E-state index contributed by atoms with van der Waals surface area (Å²) in [5, 5.41) is 2.97. The van der Waals surface area contributed by atoms with Crippen LogP contribution in [-0.4, -0.2) is 91.6 Å². The number of methoxy groups -OCH3 is 1. The van der Waals surface area contributed by atoms with Crippen LogP contribution >= 0.6 is 0 Å². The van der Waals surface area contributed by atoms with Crippen molar-refractivity contribution in [1.29, 1.82) is 0 Å². The molecule has 2 saturated heterocycles. The zero-order valence-corrected chi connectivity index (χ0v) is 29.6. The molecule has 11 heteroatoms. The number of allylic oxidation sites excluding steroid dienone is 3. The summed E-state index contributed by atoms with van der Waals surface area (Å²) in [6.07, 6.45) is 3.84. The monoisotopic (exact) mass is 653 g/mol. The van der Waals surface area contributed by atoms with E-state index in [2.05, 4.69) is 11.4 Å². The van der Waals surface area contributed by atoms with Crippen LogP contribution in [0.5, 0.6) is 0 Å². The molecule has 3 aliphatic heterocycles. The van der Waals surface area contributed by atoms with Crippen LogP contribution in [0.3, 0.4) is 0 Å². The summed E-state index contributed by atoms with van der Waals surface area (Å²) in [6, 6.07) is 3.27. The van der Waals surface area contributed by atoms with Gasteiger partial charge in [-0.3, -0.25) is 9.59 Å². The molecule has 3 aliphatic rings. The topological polar surface area (TPSA) is 127 Å². The lowest BCUT2D eigenvalue weighted by Crippen LogP contribution is -2.61. The van der Waals surface area contributed by atoms with Crippen molar-refractivity contribution in [2.75, 3.05) is 26.1 Å². The van der Waals surface area contributed by atoms with Gasteiger partial charge in [-0.25, -0.2) is 9.59 Å². The number of fused-ring (bicyclic) bond motifs is 5. The zero-order chi connectivity index (χ0) is 35.0. The summed E-state index contributed by atoms with van der Waals surface area (Å²) in [6.45, 7) is 14.7. The van der Waals surface area contributed by atoms with E-state index in [1.807, 2.05) is 65.8 Å². The van der Waals surface area contributed by atoms with Gasteiger partial charge in [0.2, 0.25) is 11.8 Å². The van der Waals surface area contributed by atoms with Gasteiger partial charge >= 0.3 is 12.1 Å². The number of alkyl carbamates (subject to hydrolysis) is 1. The molecule has 0 radical (unpaired) electrons. The average Bonchev–Trinajstić information content (AvgIpc) is 3.70. The number of anilines is 1. The van der Waals surface area contributed by atoms with Crippen LogP contribution in [0.25, 0.3) is 0 Å². The van der Waals surface area contributed by atoms with E-state index >= 15 is 0 Å². The molecule has 0 saturated carbocycles. The first-order valence-electron chi connectivity index (χ1n) is 16.3. The lowest BCUT2D eigenvalue weighted by molar-refractivity contribution is -0.161. The highest BCUT2D eigenvalue weighted by Crippen LogP contribution is 2.49. The van der Waals surface area contributed by atoms with E-state index in [1.165, 1.54) is 18.9 Å². The van der Waals surface area contributed by atoms with Gasteiger partial charge in [0, 0.05) is 46.2 Å². The number of esters is 1. The van der Waals surface area contributed by atoms with Crippen molar-refractivity contribution >= 4 is 29.6 Å². The highest BCUT2D eigenvalue weighted by atomic mass is 16.7. The molecule has 1 N–H and O–H groups in total. The molecule has 0 spiro atoms. The highest BCUT2D eigenvalue weighted by Gasteiger charge is 2.64. The van der Waals surface area contributed by atoms with Crippen LogP contribution < -0.4 is 10.2 Å². The minimum absolute atomic E-state index is 0.153. The van der Waals surface area contributed by atoms with Crippen molar-refractivity contribution in [1.82, 2.24) is 10.2 Å². The Balaban J connectivity index is 1.78. The number of ether oxygens (including phenoxy) is 4. The zero-order valence-electron chi connectivity index (χ0n) is 29.6. The summed E-state index contributed by atoms with van der Waals surface area (Å²) in [4.78, 5) is 55.2. The Morgan fingerprint density at radius 2 is 1.85 bits per heavy atom. The lowest BCUT2D eigenvalue weighted by atomic mass is 9.80. The summed E-state index contributed by atoms with van der Waals surface area (Å²) >= 11 is 0. The second kappa shape index (κ2) is 13.8. The molecular formula is C36H51N3O8. The molecular weight excluding hydrogens is 602 g/mol. The SMILES string of the molecule is COC1/C=C/C=C(\C)Cc2cc(C)c(C)c(c2)N(C)C(=O)CC(OC(=O)[C@@H](C)N(C)C(C)=O)[C@]2(C)O[C@H]2[C@H](C)[C@@H]2CC1(C)NC(=O)O2. The van der Waals surface area contributed by atoms with Crippen molar-refractivity contribution in [3.05, 3.63) is 52.6 Å². The minimum Gasteiger partial charge on any atom is -0.457 e. The van der Waals surface area contributed by atoms with Gasteiger partial charge < -0.3 is 34.1 Å². The third-order valence-corrected chi connectivity index (χ3v) is 10.4. The van der Waals surface area contributed by atoms with Crippen LogP contribution in [0.4, 0.5) is 10.5 Å². The fourth-order valence-corrected chi connectivity index (χ4v) is 6.79. The molecule has 258 valence electrons. The molecule has 4 bridgehead atoms. The number of epoxide rings is 1. The van der Waals surface area contributed by atoms with Gasteiger partial charge in [0.05, 0.1) is 24.2 Å². The van der Waals surface area contributed by atoms with Gasteiger partial charge in [-0.2, -0.15) is 0 Å². The van der Waals surface area contributed by atoms with Crippen LogP contribution in [0.2, 0.25) is 0 Å². The predicted molar refractivity (Wildman–Crippen MR) is 178 cm³/mol. The molecule has 3 amide bonds. The van der Waals surface area contributed by atoms with Gasteiger partial charge in [0.15, 0.2) is 0 Å². The molecule has 1 aromatic rings. The number of likely N-dealkylation sites (N-methyl/N-ethyl adjacent to an activating group) is 1. The number of rotatable bonds is 4. The van der Waals surface area contributed by atoms with Gasteiger partial charge in [-0.05, 0) is 70.7 Å². The maximum atomic E-state index is 14.0. The fourth-order valence-electron chi connectivity index (χ4n) is 6.79. The first-order chi connectivity index (χ1) is 21.9. The van der Waals surface area contributed by atoms with Crippen molar-refractivity contribution in [3.8, 4) is 0 Å². The van der Waals surface area contributed by atoms with Gasteiger partial charge in [0.1, 0.15) is 23.9 Å². The maximum Gasteiger partial charge on any atom is 0.407 e. The van der Waals surface area contributed by atoms with E-state index in [0.29, 0.717) is 12.8 Å². The molecule has 47 heavy (non-hydrogen) atoms. The van der Waals surface area contributed by atoms with Crippen molar-refractivity contribution < 1.29 is 38.1 Å². The summed E-state index contributed by atoms with van der Waals surface area (Å²) in [5.41, 5.74) is 3.12. The van der Waals surface area contributed by atoms with Crippen LogP contribution in [0, 0.1) is 19.8 Å². The van der Waals surface area contributed by atoms with E-state index in [4.69, 9.17) is 18.9 Å². The second-order valence-electron chi connectivity index (χ2n) is 13.9. The Morgan fingerprint density at radius 3 is 2.49 bits per heavy atom. The van der Waals surface area contributed by atoms with E-state index in [1.54, 1.807) is 26.0 Å². The van der Waals surface area contributed by atoms with Crippen LogP contribution in [0.1, 0.15) is 71.1 Å². The molecule has 2 fully saturated rings. The van der Waals surface area contributed by atoms with Crippen molar-refractivity contribution in [3.63, 3.8) is 0 Å². The van der Waals surface area contributed by atoms with E-state index in [0.717, 1.165) is 28.0 Å².